The van der Waals surface area contributed by atoms with Crippen molar-refractivity contribution < 1.29 is 5.11 Å². The number of nitrogens with zero attached hydrogens (tertiary/aromatic N) is 2. The average molecular weight is 389 g/mol. The third-order valence-electron chi connectivity index (χ3n) is 4.17. The molecule has 2 fully saturated rings. The lowest BCUT2D eigenvalue weighted by Gasteiger charge is -2.39. The minimum absolute atomic E-state index is 0.166. The average Bonchev–Trinajstić information content (AvgIpc) is 2.65. The van der Waals surface area contributed by atoms with Gasteiger partial charge in [-0.1, -0.05) is 11.6 Å². The highest BCUT2D eigenvalue weighted by molar-refractivity contribution is 14.1. The van der Waals surface area contributed by atoms with Crippen molar-refractivity contribution in [2.45, 2.75) is 43.9 Å². The van der Waals surface area contributed by atoms with Crippen LogP contribution in [0.3, 0.4) is 0 Å². The van der Waals surface area contributed by atoms with Gasteiger partial charge in [-0.15, -0.1) is 0 Å². The predicted molar refractivity (Wildman–Crippen MR) is 83.4 cm³/mol. The number of hydrogen-bond donors (Lipinski definition) is 1. The lowest BCUT2D eigenvalue weighted by atomic mass is 9.99. The zero-order valence-electron chi connectivity index (χ0n) is 10.3. The summed E-state index contributed by atoms with van der Waals surface area (Å²) in [6.45, 7) is 0. The highest BCUT2D eigenvalue weighted by atomic mass is 127. The molecule has 1 aromatic carbocycles. The van der Waals surface area contributed by atoms with Crippen molar-refractivity contribution in [1.82, 2.24) is 0 Å². The zero-order valence-corrected chi connectivity index (χ0v) is 13.2. The van der Waals surface area contributed by atoms with Crippen LogP contribution in [0.5, 0.6) is 0 Å². The van der Waals surface area contributed by atoms with Gasteiger partial charge in [0.2, 0.25) is 0 Å². The molecule has 1 aromatic rings. The van der Waals surface area contributed by atoms with E-state index in [0.717, 1.165) is 34.9 Å². The summed E-state index contributed by atoms with van der Waals surface area (Å²) in [7, 11) is 0. The van der Waals surface area contributed by atoms with Gasteiger partial charge in [-0.2, -0.15) is 5.26 Å². The van der Waals surface area contributed by atoms with Crippen molar-refractivity contribution in [3.63, 3.8) is 0 Å². The second-order valence-corrected chi connectivity index (χ2v) is 6.75. The summed E-state index contributed by atoms with van der Waals surface area (Å²) in [4.78, 5) is 2.40. The first-order valence-corrected chi connectivity index (χ1v) is 7.92. The molecular formula is C14H14ClIN2O. The van der Waals surface area contributed by atoms with Gasteiger partial charge in [0.1, 0.15) is 6.07 Å². The van der Waals surface area contributed by atoms with E-state index in [1.807, 2.05) is 6.07 Å². The molecule has 2 atom stereocenters. The smallest absolute Gasteiger partial charge is 0.101 e. The Morgan fingerprint density at radius 2 is 1.95 bits per heavy atom. The monoisotopic (exact) mass is 388 g/mol. The third-order valence-corrected chi connectivity index (χ3v) is 5.97. The molecule has 2 saturated heterocycles. The van der Waals surface area contributed by atoms with Crippen LogP contribution < -0.4 is 4.90 Å². The maximum Gasteiger partial charge on any atom is 0.101 e. The Hall–Kier alpha value is -0.510. The van der Waals surface area contributed by atoms with E-state index in [2.05, 4.69) is 33.6 Å². The van der Waals surface area contributed by atoms with E-state index in [9.17, 15) is 5.11 Å². The topological polar surface area (TPSA) is 47.3 Å². The lowest BCUT2D eigenvalue weighted by molar-refractivity contribution is 0.126. The summed E-state index contributed by atoms with van der Waals surface area (Å²) in [5.74, 6) is 0. The number of aliphatic hydroxyl groups excluding tert-OH is 1. The number of halogens is 2. The molecule has 1 N–H and O–H groups in total. The highest BCUT2D eigenvalue weighted by Gasteiger charge is 2.41. The van der Waals surface area contributed by atoms with Crippen LogP contribution in [-0.4, -0.2) is 23.3 Å². The van der Waals surface area contributed by atoms with E-state index < -0.39 is 0 Å². The summed E-state index contributed by atoms with van der Waals surface area (Å²) in [6, 6.07) is 6.72. The van der Waals surface area contributed by atoms with Gasteiger partial charge in [-0.05, 0) is 60.4 Å². The van der Waals surface area contributed by atoms with Gasteiger partial charge in [-0.25, -0.2) is 0 Å². The van der Waals surface area contributed by atoms with Crippen molar-refractivity contribution in [3.05, 3.63) is 26.3 Å². The normalized spacial score (nSPS) is 29.4. The molecule has 2 aliphatic rings. The van der Waals surface area contributed by atoms with Crippen LogP contribution in [-0.2, 0) is 0 Å². The van der Waals surface area contributed by atoms with Crippen molar-refractivity contribution in [2.24, 2.45) is 0 Å². The molecule has 5 heteroatoms. The minimum Gasteiger partial charge on any atom is -0.393 e. The molecule has 3 rings (SSSR count). The Balaban J connectivity index is 2.00. The van der Waals surface area contributed by atoms with Crippen LogP contribution in [0.4, 0.5) is 5.69 Å². The molecule has 0 saturated carbocycles. The standard InChI is InChI=1S/C14H14ClIN2O/c15-13-8(7-17)1-4-12(14(13)16)18-9-2-3-10(18)6-11(19)5-9/h1,4,9-11,19H,2-3,5-6H2. The Kier molecular flexibility index (Phi) is 3.63. The molecular weight excluding hydrogens is 375 g/mol. The van der Waals surface area contributed by atoms with E-state index in [4.69, 9.17) is 16.9 Å². The molecule has 2 heterocycles. The van der Waals surface area contributed by atoms with Gasteiger partial charge < -0.3 is 10.0 Å². The van der Waals surface area contributed by atoms with E-state index in [-0.39, 0.29) is 6.10 Å². The zero-order chi connectivity index (χ0) is 13.6. The van der Waals surface area contributed by atoms with E-state index in [1.54, 1.807) is 6.07 Å². The first kappa shape index (κ1) is 13.5. The molecule has 0 radical (unpaired) electrons. The van der Waals surface area contributed by atoms with Gasteiger partial charge in [-0.3, -0.25) is 0 Å². The van der Waals surface area contributed by atoms with Crippen LogP contribution in [0, 0.1) is 14.9 Å². The van der Waals surface area contributed by atoms with Crippen molar-refractivity contribution in [3.8, 4) is 6.07 Å². The molecule has 19 heavy (non-hydrogen) atoms. The second-order valence-electron chi connectivity index (χ2n) is 5.29. The molecule has 0 spiro atoms. The van der Waals surface area contributed by atoms with Crippen molar-refractivity contribution >= 4 is 39.9 Å². The summed E-state index contributed by atoms with van der Waals surface area (Å²) < 4.78 is 0.951. The number of hydrogen-bond acceptors (Lipinski definition) is 3. The first-order chi connectivity index (χ1) is 9.11. The Morgan fingerprint density at radius 3 is 2.53 bits per heavy atom. The molecule has 2 unspecified atom stereocenters. The SMILES string of the molecule is N#Cc1ccc(N2C3CCC2CC(O)C3)c(I)c1Cl. The molecule has 2 bridgehead atoms. The van der Waals surface area contributed by atoms with Gasteiger partial charge >= 0.3 is 0 Å². The van der Waals surface area contributed by atoms with Gasteiger partial charge in [0.05, 0.1) is 25.9 Å². The van der Waals surface area contributed by atoms with Gasteiger partial charge in [0.25, 0.3) is 0 Å². The van der Waals surface area contributed by atoms with Crippen LogP contribution in [0.25, 0.3) is 0 Å². The van der Waals surface area contributed by atoms with Crippen LogP contribution in [0.2, 0.25) is 5.02 Å². The Bertz CT molecular complexity index is 543. The maximum atomic E-state index is 9.86. The summed E-state index contributed by atoms with van der Waals surface area (Å²) >= 11 is 8.48. The van der Waals surface area contributed by atoms with E-state index in [1.165, 1.54) is 0 Å². The van der Waals surface area contributed by atoms with Crippen LogP contribution in [0.1, 0.15) is 31.2 Å². The van der Waals surface area contributed by atoms with Crippen molar-refractivity contribution in [2.75, 3.05) is 4.90 Å². The lowest BCUT2D eigenvalue weighted by Crippen LogP contribution is -2.45. The summed E-state index contributed by atoms with van der Waals surface area (Å²) in [5.41, 5.74) is 1.64. The van der Waals surface area contributed by atoms with E-state index in [0.29, 0.717) is 22.7 Å². The molecule has 0 aliphatic carbocycles. The third kappa shape index (κ3) is 2.22. The van der Waals surface area contributed by atoms with E-state index >= 15 is 0 Å². The molecule has 0 aromatic heterocycles. The number of rotatable bonds is 1. The number of fused-ring (bicyclic) bond motifs is 2. The maximum absolute atomic E-state index is 9.86. The van der Waals surface area contributed by atoms with Gasteiger partial charge in [0.15, 0.2) is 0 Å². The first-order valence-electron chi connectivity index (χ1n) is 6.46. The Morgan fingerprint density at radius 1 is 1.32 bits per heavy atom. The highest BCUT2D eigenvalue weighted by Crippen LogP contribution is 2.42. The largest absolute Gasteiger partial charge is 0.393 e. The number of piperidine rings is 1. The predicted octanol–water partition coefficient (Wildman–Crippen LogP) is 3.31. The number of aliphatic hydroxyl groups is 1. The second kappa shape index (κ2) is 5.12. The quantitative estimate of drug-likeness (QED) is 0.751. The minimum atomic E-state index is -0.166. The molecule has 3 nitrogen and oxygen atoms in total. The summed E-state index contributed by atoms with van der Waals surface area (Å²) in [5, 5.41) is 19.4. The number of anilines is 1. The number of nitriles is 1. The Labute approximate surface area is 131 Å². The fourth-order valence-corrected chi connectivity index (χ4v) is 4.32. The van der Waals surface area contributed by atoms with Gasteiger partial charge in [0, 0.05) is 12.1 Å². The van der Waals surface area contributed by atoms with Crippen LogP contribution in [0.15, 0.2) is 12.1 Å². The molecule has 2 aliphatic heterocycles. The molecule has 100 valence electrons. The molecule has 0 amide bonds. The number of benzene rings is 1. The fraction of sp³-hybridized carbons (Fsp3) is 0.500. The summed E-state index contributed by atoms with van der Waals surface area (Å²) in [6.07, 6.45) is 3.78. The fourth-order valence-electron chi connectivity index (χ4n) is 3.37. The van der Waals surface area contributed by atoms with Crippen LogP contribution >= 0.6 is 34.2 Å². The van der Waals surface area contributed by atoms with Crippen molar-refractivity contribution in [1.29, 1.82) is 5.26 Å².